The maximum atomic E-state index is 5.57. The lowest BCUT2D eigenvalue weighted by Gasteiger charge is -2.31. The minimum atomic E-state index is 0.190. The lowest BCUT2D eigenvalue weighted by Crippen LogP contribution is -2.45. The quantitative estimate of drug-likeness (QED) is 0.762. The van der Waals surface area contributed by atoms with Crippen LogP contribution >= 0.6 is 0 Å². The lowest BCUT2D eigenvalue weighted by molar-refractivity contribution is -0.0260. The average molecular weight is 196 g/mol. The molecule has 0 amide bonds. The van der Waals surface area contributed by atoms with Gasteiger partial charge in [0, 0.05) is 31.7 Å². The van der Waals surface area contributed by atoms with Gasteiger partial charge in [0.2, 0.25) is 0 Å². The van der Waals surface area contributed by atoms with Crippen LogP contribution in [0.15, 0.2) is 23.0 Å². The van der Waals surface area contributed by atoms with Crippen molar-refractivity contribution >= 4 is 0 Å². The summed E-state index contributed by atoms with van der Waals surface area (Å²) in [5.74, 6) is 0. The van der Waals surface area contributed by atoms with Crippen molar-refractivity contribution in [3.63, 3.8) is 0 Å². The van der Waals surface area contributed by atoms with E-state index in [-0.39, 0.29) is 6.10 Å². The van der Waals surface area contributed by atoms with Crippen LogP contribution in [0.2, 0.25) is 0 Å². The number of ether oxygens (including phenoxy) is 1. The summed E-state index contributed by atoms with van der Waals surface area (Å²) in [5, 5.41) is 0. The first kappa shape index (κ1) is 9.71. The molecule has 0 saturated carbocycles. The van der Waals surface area contributed by atoms with Crippen molar-refractivity contribution < 1.29 is 9.15 Å². The average Bonchev–Trinajstić information content (AvgIpc) is 2.71. The molecule has 1 unspecified atom stereocenters. The van der Waals surface area contributed by atoms with Gasteiger partial charge in [-0.05, 0) is 6.07 Å². The second-order valence-corrected chi connectivity index (χ2v) is 3.60. The van der Waals surface area contributed by atoms with E-state index in [1.165, 1.54) is 5.56 Å². The zero-order valence-electron chi connectivity index (χ0n) is 8.19. The molecule has 0 radical (unpaired) electrons. The van der Waals surface area contributed by atoms with E-state index in [0.717, 1.165) is 26.2 Å². The second-order valence-electron chi connectivity index (χ2n) is 3.60. The van der Waals surface area contributed by atoms with Gasteiger partial charge in [0.1, 0.15) is 0 Å². The Balaban J connectivity index is 1.86. The van der Waals surface area contributed by atoms with E-state index in [4.69, 9.17) is 14.9 Å². The molecule has 1 saturated heterocycles. The summed E-state index contributed by atoms with van der Waals surface area (Å²) in [6.45, 7) is 4.20. The van der Waals surface area contributed by atoms with Crippen LogP contribution in [-0.4, -0.2) is 37.2 Å². The molecule has 1 aliphatic heterocycles. The molecule has 1 aliphatic rings. The molecule has 2 heterocycles. The van der Waals surface area contributed by atoms with Crippen LogP contribution in [0.5, 0.6) is 0 Å². The first-order chi connectivity index (χ1) is 6.88. The molecule has 1 atom stereocenters. The summed E-state index contributed by atoms with van der Waals surface area (Å²) in [4.78, 5) is 2.34. The minimum Gasteiger partial charge on any atom is -0.472 e. The maximum Gasteiger partial charge on any atom is 0.0947 e. The molecule has 4 heteroatoms. The van der Waals surface area contributed by atoms with Gasteiger partial charge in [-0.25, -0.2) is 0 Å². The normalized spacial score (nSPS) is 23.9. The van der Waals surface area contributed by atoms with Crippen LogP contribution in [0.3, 0.4) is 0 Å². The van der Waals surface area contributed by atoms with Crippen molar-refractivity contribution in [2.75, 3.05) is 26.2 Å². The zero-order chi connectivity index (χ0) is 9.80. The van der Waals surface area contributed by atoms with Gasteiger partial charge < -0.3 is 14.9 Å². The van der Waals surface area contributed by atoms with Gasteiger partial charge in [-0.1, -0.05) is 0 Å². The third-order valence-corrected chi connectivity index (χ3v) is 2.47. The third-order valence-electron chi connectivity index (χ3n) is 2.47. The summed E-state index contributed by atoms with van der Waals surface area (Å²) in [6, 6.07) is 1.99. The molecule has 2 rings (SSSR count). The second kappa shape index (κ2) is 4.59. The van der Waals surface area contributed by atoms with Crippen LogP contribution in [0.25, 0.3) is 0 Å². The van der Waals surface area contributed by atoms with Gasteiger partial charge in [0.05, 0.1) is 25.2 Å². The smallest absolute Gasteiger partial charge is 0.0947 e. The van der Waals surface area contributed by atoms with Crippen LogP contribution in [0, 0.1) is 0 Å². The van der Waals surface area contributed by atoms with Crippen LogP contribution < -0.4 is 5.73 Å². The Kier molecular flexibility index (Phi) is 3.18. The van der Waals surface area contributed by atoms with E-state index in [1.807, 2.05) is 6.07 Å². The number of hydrogen-bond donors (Lipinski definition) is 1. The SMILES string of the molecule is NCC1CN(Cc2ccoc2)CCO1. The zero-order valence-corrected chi connectivity index (χ0v) is 8.19. The van der Waals surface area contributed by atoms with E-state index < -0.39 is 0 Å². The molecule has 0 spiro atoms. The van der Waals surface area contributed by atoms with Gasteiger partial charge in [0.15, 0.2) is 0 Å². The molecule has 1 aromatic rings. The predicted octanol–water partition coefficient (Wildman–Crippen LogP) is 0.439. The molecule has 0 bridgehead atoms. The summed E-state index contributed by atoms with van der Waals surface area (Å²) in [7, 11) is 0. The van der Waals surface area contributed by atoms with Crippen molar-refractivity contribution in [3.8, 4) is 0 Å². The molecular formula is C10H16N2O2. The number of rotatable bonds is 3. The molecule has 4 nitrogen and oxygen atoms in total. The summed E-state index contributed by atoms with van der Waals surface area (Å²) in [6.07, 6.45) is 3.68. The Bertz CT molecular complexity index is 261. The predicted molar refractivity (Wildman–Crippen MR) is 52.8 cm³/mol. The molecule has 0 aromatic carbocycles. The highest BCUT2D eigenvalue weighted by Crippen LogP contribution is 2.09. The highest BCUT2D eigenvalue weighted by Gasteiger charge is 2.19. The largest absolute Gasteiger partial charge is 0.472 e. The summed E-state index contributed by atoms with van der Waals surface area (Å²) < 4.78 is 10.5. The van der Waals surface area contributed by atoms with E-state index in [0.29, 0.717) is 6.54 Å². The van der Waals surface area contributed by atoms with Crippen LogP contribution in [0.4, 0.5) is 0 Å². The molecule has 1 aromatic heterocycles. The van der Waals surface area contributed by atoms with Crippen molar-refractivity contribution in [1.29, 1.82) is 0 Å². The molecule has 78 valence electrons. The van der Waals surface area contributed by atoms with E-state index in [1.54, 1.807) is 12.5 Å². The number of morpholine rings is 1. The van der Waals surface area contributed by atoms with Crippen molar-refractivity contribution in [3.05, 3.63) is 24.2 Å². The lowest BCUT2D eigenvalue weighted by atomic mass is 10.2. The monoisotopic (exact) mass is 196 g/mol. The fourth-order valence-corrected chi connectivity index (χ4v) is 1.71. The minimum absolute atomic E-state index is 0.190. The molecule has 0 aliphatic carbocycles. The topological polar surface area (TPSA) is 51.6 Å². The standard InChI is InChI=1S/C10H16N2O2/c11-5-10-7-12(2-4-14-10)6-9-1-3-13-8-9/h1,3,8,10H,2,4-7,11H2. The number of furan rings is 1. The van der Waals surface area contributed by atoms with Gasteiger partial charge in [-0.15, -0.1) is 0 Å². The molecule has 2 N–H and O–H groups in total. The first-order valence-corrected chi connectivity index (χ1v) is 4.93. The molecule has 14 heavy (non-hydrogen) atoms. The van der Waals surface area contributed by atoms with Crippen molar-refractivity contribution in [1.82, 2.24) is 4.90 Å². The van der Waals surface area contributed by atoms with Crippen LogP contribution in [0.1, 0.15) is 5.56 Å². The molecule has 1 fully saturated rings. The van der Waals surface area contributed by atoms with E-state index in [2.05, 4.69) is 4.90 Å². The number of hydrogen-bond acceptors (Lipinski definition) is 4. The van der Waals surface area contributed by atoms with Gasteiger partial charge in [-0.3, -0.25) is 4.90 Å². The Morgan fingerprint density at radius 1 is 1.57 bits per heavy atom. The third kappa shape index (κ3) is 2.35. The van der Waals surface area contributed by atoms with E-state index >= 15 is 0 Å². The highest BCUT2D eigenvalue weighted by molar-refractivity contribution is 5.05. The Morgan fingerprint density at radius 3 is 3.21 bits per heavy atom. The summed E-state index contributed by atoms with van der Waals surface area (Å²) in [5.41, 5.74) is 6.78. The Morgan fingerprint density at radius 2 is 2.50 bits per heavy atom. The first-order valence-electron chi connectivity index (χ1n) is 4.93. The maximum absolute atomic E-state index is 5.57. The van der Waals surface area contributed by atoms with Crippen LogP contribution in [-0.2, 0) is 11.3 Å². The van der Waals surface area contributed by atoms with Crippen molar-refractivity contribution in [2.45, 2.75) is 12.6 Å². The molecular weight excluding hydrogens is 180 g/mol. The van der Waals surface area contributed by atoms with E-state index in [9.17, 15) is 0 Å². The Hall–Kier alpha value is -0.840. The fraction of sp³-hybridized carbons (Fsp3) is 0.600. The van der Waals surface area contributed by atoms with Crippen molar-refractivity contribution in [2.24, 2.45) is 5.73 Å². The van der Waals surface area contributed by atoms with Gasteiger partial charge >= 0.3 is 0 Å². The number of nitrogens with two attached hydrogens (primary N) is 1. The highest BCUT2D eigenvalue weighted by atomic mass is 16.5. The fourth-order valence-electron chi connectivity index (χ4n) is 1.71. The van der Waals surface area contributed by atoms with Gasteiger partial charge in [0.25, 0.3) is 0 Å². The Labute approximate surface area is 83.6 Å². The number of nitrogens with zero attached hydrogens (tertiary/aromatic N) is 1. The van der Waals surface area contributed by atoms with Gasteiger partial charge in [-0.2, -0.15) is 0 Å². The summed E-state index contributed by atoms with van der Waals surface area (Å²) >= 11 is 0.